The molecule has 76 valence electrons. The molecule has 4 heteroatoms. The third kappa shape index (κ3) is 3.74. The van der Waals surface area contributed by atoms with E-state index in [1.165, 1.54) is 24.5 Å². The lowest BCUT2D eigenvalue weighted by molar-refractivity contribution is -1.01. The highest BCUT2D eigenvalue weighted by Gasteiger charge is 2.20. The molecule has 1 rings (SSSR count). The van der Waals surface area contributed by atoms with E-state index in [1.807, 2.05) is 0 Å². The van der Waals surface area contributed by atoms with E-state index < -0.39 is 5.97 Å². The number of carboxylic acids is 1. The van der Waals surface area contributed by atoms with Crippen LogP contribution in [0.2, 0.25) is 0 Å². The van der Waals surface area contributed by atoms with E-state index in [1.54, 1.807) is 4.90 Å². The van der Waals surface area contributed by atoms with Gasteiger partial charge in [0, 0.05) is 12.4 Å². The van der Waals surface area contributed by atoms with Gasteiger partial charge in [-0.3, -0.25) is 0 Å². The molecule has 0 aromatic rings. The molecule has 4 nitrogen and oxygen atoms in total. The second-order valence-corrected chi connectivity index (χ2v) is 3.73. The maximum absolute atomic E-state index is 10.2. The van der Waals surface area contributed by atoms with E-state index in [-0.39, 0.29) is 6.42 Å². The minimum Gasteiger partial charge on any atom is -0.550 e. The Morgan fingerprint density at radius 3 is 2.23 bits per heavy atom. The molecule has 0 atom stereocenters. The average molecular weight is 187 g/mol. The Hall–Kier alpha value is -0.610. The minimum atomic E-state index is -0.919. The standard InChI is InChI=1S/C9H18N2O2/c1-2-10-5-7-11(8-6-10)4-3-9(12)13/h2-8H2,1H3,(H,12,13)/p+1. The first kappa shape index (κ1) is 10.5. The van der Waals surface area contributed by atoms with Crippen molar-refractivity contribution < 1.29 is 19.7 Å². The van der Waals surface area contributed by atoms with E-state index in [9.17, 15) is 9.90 Å². The van der Waals surface area contributed by atoms with Crippen LogP contribution in [0, 0.1) is 0 Å². The summed E-state index contributed by atoms with van der Waals surface area (Å²) in [6, 6.07) is 0. The summed E-state index contributed by atoms with van der Waals surface area (Å²) in [7, 11) is 0. The summed E-state index contributed by atoms with van der Waals surface area (Å²) >= 11 is 0. The van der Waals surface area contributed by atoms with Gasteiger partial charge in [-0.25, -0.2) is 0 Å². The number of carboxylic acid groups (broad SMARTS) is 1. The largest absolute Gasteiger partial charge is 0.550 e. The van der Waals surface area contributed by atoms with Gasteiger partial charge in [-0.1, -0.05) is 0 Å². The Bertz CT molecular complexity index is 165. The molecule has 0 saturated carbocycles. The fraction of sp³-hybridized carbons (Fsp3) is 0.889. The van der Waals surface area contributed by atoms with Crippen molar-refractivity contribution in [3.05, 3.63) is 0 Å². The van der Waals surface area contributed by atoms with Crippen molar-refractivity contribution in [2.45, 2.75) is 13.3 Å². The van der Waals surface area contributed by atoms with Crippen LogP contribution in [0.1, 0.15) is 13.3 Å². The van der Waals surface area contributed by atoms with Crippen molar-refractivity contribution in [1.29, 1.82) is 0 Å². The lowest BCUT2D eigenvalue weighted by atomic mass is 10.3. The Labute approximate surface area is 79.1 Å². The maximum Gasteiger partial charge on any atom is 0.127 e. The molecule has 0 unspecified atom stereocenters. The molecule has 1 heterocycles. The first-order valence-electron chi connectivity index (χ1n) is 5.09. The van der Waals surface area contributed by atoms with Crippen molar-refractivity contribution in [2.24, 2.45) is 0 Å². The minimum absolute atomic E-state index is 0.205. The lowest BCUT2D eigenvalue weighted by Crippen LogP contribution is -3.28. The van der Waals surface area contributed by atoms with Crippen molar-refractivity contribution in [3.8, 4) is 0 Å². The number of quaternary nitrogens is 2. The molecule has 1 fully saturated rings. The number of carbonyl (C=O) groups is 1. The number of carbonyl (C=O) groups excluding carboxylic acids is 1. The number of hydrogen-bond acceptors (Lipinski definition) is 2. The molecule has 0 aliphatic carbocycles. The fourth-order valence-electron chi connectivity index (χ4n) is 1.84. The first-order valence-corrected chi connectivity index (χ1v) is 5.09. The first-order chi connectivity index (χ1) is 6.22. The molecule has 0 aromatic heterocycles. The zero-order valence-electron chi connectivity index (χ0n) is 8.27. The van der Waals surface area contributed by atoms with Crippen LogP contribution in [0.15, 0.2) is 0 Å². The van der Waals surface area contributed by atoms with Crippen LogP contribution < -0.4 is 14.9 Å². The molecule has 2 N–H and O–H groups in total. The maximum atomic E-state index is 10.2. The number of hydrogen-bond donors (Lipinski definition) is 2. The smallest absolute Gasteiger partial charge is 0.127 e. The highest BCUT2D eigenvalue weighted by molar-refractivity contribution is 5.64. The van der Waals surface area contributed by atoms with Gasteiger partial charge in [-0.2, -0.15) is 0 Å². The summed E-state index contributed by atoms with van der Waals surface area (Å²) in [5.41, 5.74) is 0. The molecule has 0 radical (unpaired) electrons. The molecule has 0 bridgehead atoms. The van der Waals surface area contributed by atoms with Gasteiger partial charge >= 0.3 is 0 Å². The van der Waals surface area contributed by atoms with Crippen molar-refractivity contribution in [1.82, 2.24) is 0 Å². The van der Waals surface area contributed by atoms with Crippen molar-refractivity contribution in [2.75, 3.05) is 39.3 Å². The molecule has 1 saturated heterocycles. The predicted octanol–water partition coefficient (Wildman–Crippen LogP) is -4.07. The van der Waals surface area contributed by atoms with Crippen LogP contribution in [0.4, 0.5) is 0 Å². The molecule has 1 aliphatic rings. The topological polar surface area (TPSA) is 49.0 Å². The Balaban J connectivity index is 2.14. The van der Waals surface area contributed by atoms with Crippen LogP contribution >= 0.6 is 0 Å². The normalized spacial score (nSPS) is 28.7. The Morgan fingerprint density at radius 2 is 1.77 bits per heavy atom. The molecule has 0 aromatic carbocycles. The number of piperazine rings is 1. The van der Waals surface area contributed by atoms with E-state index in [2.05, 4.69) is 6.92 Å². The molecule has 13 heavy (non-hydrogen) atoms. The monoisotopic (exact) mass is 187 g/mol. The van der Waals surface area contributed by atoms with Gasteiger partial charge in [0.15, 0.2) is 0 Å². The number of rotatable bonds is 4. The van der Waals surface area contributed by atoms with Crippen LogP contribution in [-0.2, 0) is 4.79 Å². The van der Waals surface area contributed by atoms with Crippen LogP contribution in [0.5, 0.6) is 0 Å². The van der Waals surface area contributed by atoms with E-state index in [0.717, 1.165) is 19.6 Å². The molecular formula is C9H19N2O2+. The summed E-state index contributed by atoms with van der Waals surface area (Å²) in [5.74, 6) is -0.919. The van der Waals surface area contributed by atoms with E-state index in [4.69, 9.17) is 0 Å². The average Bonchev–Trinajstić information content (AvgIpc) is 2.15. The van der Waals surface area contributed by atoms with Gasteiger partial charge in [0.25, 0.3) is 0 Å². The van der Waals surface area contributed by atoms with Gasteiger partial charge in [0.1, 0.15) is 26.2 Å². The number of nitrogens with one attached hydrogen (secondary N) is 2. The van der Waals surface area contributed by atoms with Gasteiger partial charge in [-0.05, 0) is 6.92 Å². The molecule has 0 amide bonds. The molecular weight excluding hydrogens is 168 g/mol. The SMILES string of the molecule is CC[NH+]1CC[NH+](CCC(=O)[O-])CC1. The van der Waals surface area contributed by atoms with E-state index >= 15 is 0 Å². The van der Waals surface area contributed by atoms with Gasteiger partial charge in [0.05, 0.1) is 13.1 Å². The number of aliphatic carboxylic acids is 1. The highest BCUT2D eigenvalue weighted by atomic mass is 16.4. The fourth-order valence-corrected chi connectivity index (χ4v) is 1.84. The number of likely N-dealkylation sites (N-methyl/N-ethyl adjacent to an activating group) is 1. The second-order valence-electron chi connectivity index (χ2n) is 3.73. The lowest BCUT2D eigenvalue weighted by Gasteiger charge is -2.28. The summed E-state index contributed by atoms with van der Waals surface area (Å²) in [4.78, 5) is 13.3. The summed E-state index contributed by atoms with van der Waals surface area (Å²) < 4.78 is 0. The third-order valence-corrected chi connectivity index (χ3v) is 2.85. The van der Waals surface area contributed by atoms with Crippen molar-refractivity contribution in [3.63, 3.8) is 0 Å². The van der Waals surface area contributed by atoms with Crippen LogP contribution in [-0.4, -0.2) is 45.2 Å². The van der Waals surface area contributed by atoms with Gasteiger partial charge in [0.2, 0.25) is 0 Å². The van der Waals surface area contributed by atoms with Crippen molar-refractivity contribution >= 4 is 5.97 Å². The van der Waals surface area contributed by atoms with Crippen LogP contribution in [0.3, 0.4) is 0 Å². The summed E-state index contributed by atoms with van der Waals surface area (Å²) in [6.07, 6.45) is 0.205. The zero-order valence-corrected chi connectivity index (χ0v) is 8.27. The van der Waals surface area contributed by atoms with Gasteiger partial charge < -0.3 is 19.7 Å². The quantitative estimate of drug-likeness (QED) is 0.470. The van der Waals surface area contributed by atoms with Gasteiger partial charge in [-0.15, -0.1) is 0 Å². The van der Waals surface area contributed by atoms with Crippen LogP contribution in [0.25, 0.3) is 0 Å². The highest BCUT2D eigenvalue weighted by Crippen LogP contribution is 1.68. The molecule has 0 spiro atoms. The Kier molecular flexibility index (Phi) is 4.18. The Morgan fingerprint density at radius 1 is 1.23 bits per heavy atom. The second kappa shape index (κ2) is 5.19. The summed E-state index contributed by atoms with van der Waals surface area (Å²) in [6.45, 7) is 8.69. The molecule has 1 aliphatic heterocycles. The van der Waals surface area contributed by atoms with E-state index in [0.29, 0.717) is 0 Å². The zero-order chi connectivity index (χ0) is 9.68. The third-order valence-electron chi connectivity index (χ3n) is 2.85. The summed E-state index contributed by atoms with van der Waals surface area (Å²) in [5, 5.41) is 10.2. The predicted molar refractivity (Wildman–Crippen MR) is 46.4 cm³/mol.